The number of anilines is 1. The normalized spacial score (nSPS) is 10.2. The summed E-state index contributed by atoms with van der Waals surface area (Å²) in [5, 5.41) is 5.43. The van der Waals surface area contributed by atoms with E-state index in [1.165, 1.54) is 11.3 Å². The zero-order chi connectivity index (χ0) is 10.5. The molecule has 0 spiro atoms. The smallest absolute Gasteiger partial charge is 0.0795 e. The Morgan fingerprint density at radius 3 is 3.07 bits per heavy atom. The second-order valence-corrected chi connectivity index (χ2v) is 4.11. The molecular formula is C12H14N2S. The minimum Gasteiger partial charge on any atom is -0.379 e. The second kappa shape index (κ2) is 4.94. The Balaban J connectivity index is 1.98. The average Bonchev–Trinajstić information content (AvgIpc) is 2.79. The first-order valence-corrected chi connectivity index (χ1v) is 6.02. The molecule has 1 heterocycles. The third kappa shape index (κ3) is 2.80. The Bertz CT molecular complexity index is 409. The Morgan fingerprint density at radius 1 is 1.40 bits per heavy atom. The highest BCUT2D eigenvalue weighted by molar-refractivity contribution is 7.07. The van der Waals surface area contributed by atoms with Crippen LogP contribution in [0, 0.1) is 0 Å². The molecule has 0 aliphatic rings. The molecule has 15 heavy (non-hydrogen) atoms. The van der Waals surface area contributed by atoms with Crippen LogP contribution >= 0.6 is 11.3 Å². The topological polar surface area (TPSA) is 24.9 Å². The first kappa shape index (κ1) is 10.2. The molecule has 2 nitrogen and oxygen atoms in total. The van der Waals surface area contributed by atoms with Crippen LogP contribution in [0.4, 0.5) is 5.69 Å². The lowest BCUT2D eigenvalue weighted by Crippen LogP contribution is -1.99. The van der Waals surface area contributed by atoms with Gasteiger partial charge in [0.25, 0.3) is 0 Å². The van der Waals surface area contributed by atoms with E-state index in [1.807, 2.05) is 5.51 Å². The summed E-state index contributed by atoms with van der Waals surface area (Å²) in [5.74, 6) is 0. The third-order valence-electron chi connectivity index (χ3n) is 2.29. The maximum absolute atomic E-state index is 4.23. The maximum Gasteiger partial charge on any atom is 0.0795 e. The van der Waals surface area contributed by atoms with E-state index in [2.05, 4.69) is 46.9 Å². The van der Waals surface area contributed by atoms with E-state index in [1.54, 1.807) is 11.3 Å². The number of hydrogen-bond donors (Lipinski definition) is 1. The van der Waals surface area contributed by atoms with E-state index >= 15 is 0 Å². The summed E-state index contributed by atoms with van der Waals surface area (Å²) in [6, 6.07) is 8.51. The van der Waals surface area contributed by atoms with E-state index in [-0.39, 0.29) is 0 Å². The van der Waals surface area contributed by atoms with Crippen LogP contribution in [0.15, 0.2) is 35.2 Å². The van der Waals surface area contributed by atoms with Crippen molar-refractivity contribution in [2.45, 2.75) is 19.9 Å². The molecular weight excluding hydrogens is 204 g/mol. The van der Waals surface area contributed by atoms with E-state index in [0.29, 0.717) is 0 Å². The van der Waals surface area contributed by atoms with Gasteiger partial charge in [0.15, 0.2) is 0 Å². The van der Waals surface area contributed by atoms with Crippen molar-refractivity contribution in [1.29, 1.82) is 0 Å². The van der Waals surface area contributed by atoms with Gasteiger partial charge in [0.1, 0.15) is 0 Å². The van der Waals surface area contributed by atoms with Gasteiger partial charge in [0.2, 0.25) is 0 Å². The molecule has 0 unspecified atom stereocenters. The van der Waals surface area contributed by atoms with Crippen molar-refractivity contribution in [1.82, 2.24) is 4.98 Å². The van der Waals surface area contributed by atoms with Crippen LogP contribution in [0.1, 0.15) is 18.2 Å². The molecule has 0 atom stereocenters. The number of aromatic nitrogens is 1. The van der Waals surface area contributed by atoms with Crippen LogP contribution in [0.2, 0.25) is 0 Å². The van der Waals surface area contributed by atoms with E-state index in [4.69, 9.17) is 0 Å². The molecule has 1 N–H and O–H groups in total. The fourth-order valence-electron chi connectivity index (χ4n) is 1.42. The molecule has 1 aromatic heterocycles. The van der Waals surface area contributed by atoms with Crippen molar-refractivity contribution in [3.8, 4) is 0 Å². The Morgan fingerprint density at radius 2 is 2.33 bits per heavy atom. The monoisotopic (exact) mass is 218 g/mol. The largest absolute Gasteiger partial charge is 0.379 e. The Labute approximate surface area is 94.0 Å². The highest BCUT2D eigenvalue weighted by Gasteiger charge is 1.96. The molecule has 2 aromatic rings. The van der Waals surface area contributed by atoms with Crippen LogP contribution in [-0.2, 0) is 13.0 Å². The van der Waals surface area contributed by atoms with E-state index in [0.717, 1.165) is 18.7 Å². The summed E-state index contributed by atoms with van der Waals surface area (Å²) in [6.45, 7) is 2.97. The Kier molecular flexibility index (Phi) is 3.35. The molecule has 0 saturated heterocycles. The molecule has 1 aromatic carbocycles. The fourth-order valence-corrected chi connectivity index (χ4v) is 1.98. The van der Waals surface area contributed by atoms with Crippen LogP contribution in [0.25, 0.3) is 0 Å². The van der Waals surface area contributed by atoms with Crippen molar-refractivity contribution in [3.63, 3.8) is 0 Å². The summed E-state index contributed by atoms with van der Waals surface area (Å²) in [6.07, 6.45) is 1.08. The molecule has 2 rings (SSSR count). The first-order chi connectivity index (χ1) is 7.38. The van der Waals surface area contributed by atoms with Crippen LogP contribution in [0.5, 0.6) is 0 Å². The van der Waals surface area contributed by atoms with E-state index in [9.17, 15) is 0 Å². The number of thiazole rings is 1. The van der Waals surface area contributed by atoms with Crippen LogP contribution in [0.3, 0.4) is 0 Å². The minimum atomic E-state index is 0.802. The third-order valence-corrected chi connectivity index (χ3v) is 2.93. The molecule has 0 bridgehead atoms. The standard InChI is InChI=1S/C12H14N2S/c1-2-10-4-3-5-11(6-10)13-7-12-8-15-9-14-12/h3-6,8-9,13H,2,7H2,1H3. The van der Waals surface area contributed by atoms with Crippen LogP contribution < -0.4 is 5.32 Å². The molecule has 0 aliphatic carbocycles. The number of rotatable bonds is 4. The van der Waals surface area contributed by atoms with Crippen molar-refractivity contribution < 1.29 is 0 Å². The summed E-state index contributed by atoms with van der Waals surface area (Å²) in [4.78, 5) is 4.23. The molecule has 78 valence electrons. The second-order valence-electron chi connectivity index (χ2n) is 3.39. The van der Waals surface area contributed by atoms with Gasteiger partial charge in [-0.05, 0) is 24.1 Å². The minimum absolute atomic E-state index is 0.802. The first-order valence-electron chi connectivity index (χ1n) is 5.08. The number of nitrogens with zero attached hydrogens (tertiary/aromatic N) is 1. The van der Waals surface area contributed by atoms with Crippen LogP contribution in [-0.4, -0.2) is 4.98 Å². The molecule has 0 amide bonds. The zero-order valence-electron chi connectivity index (χ0n) is 8.73. The fraction of sp³-hybridized carbons (Fsp3) is 0.250. The van der Waals surface area contributed by atoms with Gasteiger partial charge in [-0.2, -0.15) is 0 Å². The van der Waals surface area contributed by atoms with Crippen molar-refractivity contribution >= 4 is 17.0 Å². The lowest BCUT2D eigenvalue weighted by Gasteiger charge is -2.05. The average molecular weight is 218 g/mol. The highest BCUT2D eigenvalue weighted by atomic mass is 32.1. The van der Waals surface area contributed by atoms with Gasteiger partial charge in [-0.1, -0.05) is 19.1 Å². The van der Waals surface area contributed by atoms with Crippen molar-refractivity contribution in [2.75, 3.05) is 5.32 Å². The summed E-state index contributed by atoms with van der Waals surface area (Å²) in [7, 11) is 0. The van der Waals surface area contributed by atoms with Crippen molar-refractivity contribution in [3.05, 3.63) is 46.4 Å². The van der Waals surface area contributed by atoms with Gasteiger partial charge in [-0.3, -0.25) is 0 Å². The molecule has 0 aliphatic heterocycles. The quantitative estimate of drug-likeness (QED) is 0.851. The van der Waals surface area contributed by atoms with Gasteiger partial charge in [-0.25, -0.2) is 4.98 Å². The lowest BCUT2D eigenvalue weighted by atomic mass is 10.1. The van der Waals surface area contributed by atoms with Gasteiger partial charge < -0.3 is 5.32 Å². The van der Waals surface area contributed by atoms with Crippen molar-refractivity contribution in [2.24, 2.45) is 0 Å². The van der Waals surface area contributed by atoms with Gasteiger partial charge >= 0.3 is 0 Å². The summed E-state index contributed by atoms with van der Waals surface area (Å²) >= 11 is 1.63. The summed E-state index contributed by atoms with van der Waals surface area (Å²) < 4.78 is 0. The predicted octanol–water partition coefficient (Wildman–Crippen LogP) is 3.32. The number of benzene rings is 1. The van der Waals surface area contributed by atoms with E-state index < -0.39 is 0 Å². The number of nitrogens with one attached hydrogen (secondary N) is 1. The molecule has 3 heteroatoms. The van der Waals surface area contributed by atoms with Gasteiger partial charge in [0.05, 0.1) is 17.7 Å². The molecule has 0 radical (unpaired) electrons. The Hall–Kier alpha value is -1.35. The number of aryl methyl sites for hydroxylation is 1. The predicted molar refractivity (Wildman–Crippen MR) is 65.3 cm³/mol. The van der Waals surface area contributed by atoms with Gasteiger partial charge in [0, 0.05) is 11.1 Å². The van der Waals surface area contributed by atoms with Gasteiger partial charge in [-0.15, -0.1) is 11.3 Å². The maximum atomic E-state index is 4.23. The summed E-state index contributed by atoms with van der Waals surface area (Å²) in [5.41, 5.74) is 5.49. The SMILES string of the molecule is CCc1cccc(NCc2cscn2)c1. The number of hydrogen-bond acceptors (Lipinski definition) is 3. The molecule has 0 saturated carbocycles. The highest BCUT2D eigenvalue weighted by Crippen LogP contribution is 2.12. The zero-order valence-corrected chi connectivity index (χ0v) is 9.55. The molecule has 0 fully saturated rings. The lowest BCUT2D eigenvalue weighted by molar-refractivity contribution is 1.07.